The van der Waals surface area contributed by atoms with E-state index < -0.39 is 0 Å². The number of benzene rings is 1. The standard InChI is InChI=1S/C17H16Cl2N4O/c1-22-15(9-20)12(10-21-22)17(24)23-7-5-11(6-8-23)16-13(18)3-2-4-14(16)19/h2-4,10-11H,5-8H2,1H3. The van der Waals surface area contributed by atoms with Crippen molar-refractivity contribution < 1.29 is 4.79 Å². The van der Waals surface area contributed by atoms with Gasteiger partial charge in [-0.3, -0.25) is 9.48 Å². The second kappa shape index (κ2) is 6.84. The molecule has 3 rings (SSSR count). The predicted octanol–water partition coefficient (Wildman–Crippen LogP) is 3.62. The Bertz CT molecular complexity index is 796. The summed E-state index contributed by atoms with van der Waals surface area (Å²) in [6.45, 7) is 1.20. The summed E-state index contributed by atoms with van der Waals surface area (Å²) in [7, 11) is 1.65. The van der Waals surface area contributed by atoms with E-state index in [-0.39, 0.29) is 17.5 Å². The lowest BCUT2D eigenvalue weighted by molar-refractivity contribution is 0.0712. The van der Waals surface area contributed by atoms with E-state index in [4.69, 9.17) is 23.2 Å². The van der Waals surface area contributed by atoms with Gasteiger partial charge in [0.1, 0.15) is 6.07 Å². The Morgan fingerprint density at radius 2 is 1.92 bits per heavy atom. The minimum absolute atomic E-state index is 0.150. The number of nitrogens with zero attached hydrogens (tertiary/aromatic N) is 4. The van der Waals surface area contributed by atoms with E-state index in [1.165, 1.54) is 10.9 Å². The fourth-order valence-electron chi connectivity index (χ4n) is 3.17. The predicted molar refractivity (Wildman–Crippen MR) is 92.3 cm³/mol. The molecule has 7 heteroatoms. The number of hydrogen-bond acceptors (Lipinski definition) is 3. The number of hydrogen-bond donors (Lipinski definition) is 0. The zero-order valence-electron chi connectivity index (χ0n) is 13.2. The normalized spacial score (nSPS) is 15.3. The molecule has 5 nitrogen and oxygen atoms in total. The van der Waals surface area contributed by atoms with E-state index in [9.17, 15) is 10.1 Å². The molecule has 0 spiro atoms. The van der Waals surface area contributed by atoms with Crippen molar-refractivity contribution in [1.82, 2.24) is 14.7 Å². The molecule has 0 atom stereocenters. The van der Waals surface area contributed by atoms with Gasteiger partial charge in [-0.15, -0.1) is 0 Å². The lowest BCUT2D eigenvalue weighted by atomic mass is 9.89. The van der Waals surface area contributed by atoms with Gasteiger partial charge in [0.05, 0.1) is 11.8 Å². The summed E-state index contributed by atoms with van der Waals surface area (Å²) in [5, 5.41) is 14.5. The van der Waals surface area contributed by atoms with Gasteiger partial charge in [0.15, 0.2) is 5.69 Å². The van der Waals surface area contributed by atoms with Crippen LogP contribution in [0.25, 0.3) is 0 Å². The second-order valence-electron chi connectivity index (χ2n) is 5.84. The number of carbonyl (C=O) groups excluding carboxylic acids is 1. The Labute approximate surface area is 150 Å². The molecule has 0 N–H and O–H groups in total. The summed E-state index contributed by atoms with van der Waals surface area (Å²) in [6, 6.07) is 7.55. The van der Waals surface area contributed by atoms with E-state index in [0.717, 1.165) is 18.4 Å². The molecule has 0 unspecified atom stereocenters. The Kier molecular flexibility index (Phi) is 4.79. The smallest absolute Gasteiger partial charge is 0.258 e. The van der Waals surface area contributed by atoms with Crippen LogP contribution in [0.4, 0.5) is 0 Å². The summed E-state index contributed by atoms with van der Waals surface area (Å²) >= 11 is 12.6. The molecule has 0 radical (unpaired) electrons. The number of likely N-dealkylation sites (tertiary alicyclic amines) is 1. The number of carbonyl (C=O) groups is 1. The highest BCUT2D eigenvalue weighted by atomic mass is 35.5. The van der Waals surface area contributed by atoms with E-state index in [1.807, 2.05) is 24.3 Å². The van der Waals surface area contributed by atoms with Crippen molar-refractivity contribution in [2.75, 3.05) is 13.1 Å². The fraction of sp³-hybridized carbons (Fsp3) is 0.353. The van der Waals surface area contributed by atoms with Crippen molar-refractivity contribution >= 4 is 29.1 Å². The molecule has 1 aliphatic heterocycles. The Hall–Kier alpha value is -2.03. The van der Waals surface area contributed by atoms with E-state index in [2.05, 4.69) is 5.10 Å². The maximum absolute atomic E-state index is 12.6. The molecule has 1 aliphatic rings. The third kappa shape index (κ3) is 3.00. The van der Waals surface area contributed by atoms with Crippen LogP contribution in [0.5, 0.6) is 0 Å². The van der Waals surface area contributed by atoms with Crippen LogP contribution >= 0.6 is 23.2 Å². The first-order valence-electron chi connectivity index (χ1n) is 7.68. The number of rotatable bonds is 2. The van der Waals surface area contributed by atoms with Gasteiger partial charge in [0.25, 0.3) is 5.91 Å². The van der Waals surface area contributed by atoms with Crippen LogP contribution in [0.2, 0.25) is 10.0 Å². The van der Waals surface area contributed by atoms with Crippen LogP contribution in [-0.4, -0.2) is 33.7 Å². The number of halogens is 2. The molecule has 1 amide bonds. The number of amides is 1. The first-order valence-corrected chi connectivity index (χ1v) is 8.43. The fourth-order valence-corrected chi connectivity index (χ4v) is 3.87. The molecule has 1 fully saturated rings. The van der Waals surface area contributed by atoms with E-state index in [0.29, 0.717) is 28.7 Å². The van der Waals surface area contributed by atoms with Gasteiger partial charge in [0, 0.05) is 30.2 Å². The van der Waals surface area contributed by atoms with Crippen LogP contribution in [0.1, 0.15) is 40.4 Å². The van der Waals surface area contributed by atoms with Gasteiger partial charge in [-0.25, -0.2) is 0 Å². The number of piperidine rings is 1. The molecule has 0 saturated carbocycles. The molecular formula is C17H16Cl2N4O. The Morgan fingerprint density at radius 1 is 1.29 bits per heavy atom. The SMILES string of the molecule is Cn1ncc(C(=O)N2CCC(c3c(Cl)cccc3Cl)CC2)c1C#N. The maximum atomic E-state index is 12.6. The molecule has 24 heavy (non-hydrogen) atoms. The average Bonchev–Trinajstić information content (AvgIpc) is 2.95. The zero-order chi connectivity index (χ0) is 17.3. The zero-order valence-corrected chi connectivity index (χ0v) is 14.7. The van der Waals surface area contributed by atoms with Crippen LogP contribution in [0.15, 0.2) is 24.4 Å². The van der Waals surface area contributed by atoms with Gasteiger partial charge in [-0.2, -0.15) is 10.4 Å². The summed E-state index contributed by atoms with van der Waals surface area (Å²) in [6.07, 6.45) is 3.03. The van der Waals surface area contributed by atoms with Crippen molar-refractivity contribution in [1.29, 1.82) is 5.26 Å². The first-order chi connectivity index (χ1) is 11.5. The molecule has 0 bridgehead atoms. The largest absolute Gasteiger partial charge is 0.338 e. The summed E-state index contributed by atoms with van der Waals surface area (Å²) in [5.74, 6) is 0.0861. The van der Waals surface area contributed by atoms with Gasteiger partial charge < -0.3 is 4.90 Å². The Morgan fingerprint density at radius 3 is 2.50 bits per heavy atom. The highest BCUT2D eigenvalue weighted by Crippen LogP contribution is 2.37. The molecule has 1 aromatic heterocycles. The molecule has 124 valence electrons. The molecule has 1 saturated heterocycles. The van der Waals surface area contributed by atoms with Crippen LogP contribution in [0, 0.1) is 11.3 Å². The first kappa shape index (κ1) is 16.8. The summed E-state index contributed by atoms with van der Waals surface area (Å²) in [4.78, 5) is 14.4. The van der Waals surface area contributed by atoms with E-state index >= 15 is 0 Å². The molecule has 1 aromatic carbocycles. The van der Waals surface area contributed by atoms with Crippen molar-refractivity contribution in [2.45, 2.75) is 18.8 Å². The van der Waals surface area contributed by atoms with Crippen molar-refractivity contribution in [2.24, 2.45) is 7.05 Å². The summed E-state index contributed by atoms with van der Waals surface area (Å²) < 4.78 is 1.42. The number of aryl methyl sites for hydroxylation is 1. The van der Waals surface area contributed by atoms with Gasteiger partial charge in [-0.1, -0.05) is 29.3 Å². The molecular weight excluding hydrogens is 347 g/mol. The van der Waals surface area contributed by atoms with Gasteiger partial charge in [-0.05, 0) is 36.5 Å². The Balaban J connectivity index is 1.73. The van der Waals surface area contributed by atoms with Crippen molar-refractivity contribution in [3.63, 3.8) is 0 Å². The number of aromatic nitrogens is 2. The van der Waals surface area contributed by atoms with Gasteiger partial charge in [0.2, 0.25) is 0 Å². The van der Waals surface area contributed by atoms with Crippen LogP contribution < -0.4 is 0 Å². The highest BCUT2D eigenvalue weighted by Gasteiger charge is 2.29. The molecule has 0 aliphatic carbocycles. The maximum Gasteiger partial charge on any atom is 0.258 e. The number of nitriles is 1. The molecule has 2 aromatic rings. The topological polar surface area (TPSA) is 61.9 Å². The second-order valence-corrected chi connectivity index (χ2v) is 6.66. The van der Waals surface area contributed by atoms with Crippen LogP contribution in [0.3, 0.4) is 0 Å². The van der Waals surface area contributed by atoms with Gasteiger partial charge >= 0.3 is 0 Å². The quantitative estimate of drug-likeness (QED) is 0.819. The monoisotopic (exact) mass is 362 g/mol. The minimum Gasteiger partial charge on any atom is -0.338 e. The van der Waals surface area contributed by atoms with E-state index in [1.54, 1.807) is 11.9 Å². The third-order valence-electron chi connectivity index (χ3n) is 4.47. The lowest BCUT2D eigenvalue weighted by Gasteiger charge is -2.32. The third-order valence-corrected chi connectivity index (χ3v) is 5.12. The summed E-state index contributed by atoms with van der Waals surface area (Å²) in [5.41, 5.74) is 1.61. The highest BCUT2D eigenvalue weighted by molar-refractivity contribution is 6.36. The van der Waals surface area contributed by atoms with Crippen molar-refractivity contribution in [3.05, 3.63) is 51.3 Å². The minimum atomic E-state index is -0.150. The van der Waals surface area contributed by atoms with Crippen LogP contribution in [-0.2, 0) is 7.05 Å². The van der Waals surface area contributed by atoms with Crippen molar-refractivity contribution in [3.8, 4) is 6.07 Å². The lowest BCUT2D eigenvalue weighted by Crippen LogP contribution is -2.38. The molecule has 2 heterocycles. The average molecular weight is 363 g/mol.